The van der Waals surface area contributed by atoms with Crippen LogP contribution in [0.1, 0.15) is 10.4 Å². The van der Waals surface area contributed by atoms with E-state index in [1.54, 1.807) is 42.7 Å². The van der Waals surface area contributed by atoms with Gasteiger partial charge in [0, 0.05) is 23.5 Å². The maximum absolute atomic E-state index is 12.7. The molecule has 2 aromatic heterocycles. The summed E-state index contributed by atoms with van der Waals surface area (Å²) >= 11 is 0. The van der Waals surface area contributed by atoms with Crippen LogP contribution in [-0.4, -0.2) is 21.0 Å². The second-order valence-corrected chi connectivity index (χ2v) is 6.99. The van der Waals surface area contributed by atoms with Gasteiger partial charge in [0.2, 0.25) is 5.89 Å². The number of nitrogens with one attached hydrogen (secondary N) is 1. The van der Waals surface area contributed by atoms with E-state index in [0.29, 0.717) is 27.9 Å². The first-order valence-corrected chi connectivity index (χ1v) is 9.68. The van der Waals surface area contributed by atoms with Crippen LogP contribution in [0.15, 0.2) is 95.7 Å². The Kier molecular flexibility index (Phi) is 4.65. The molecule has 0 unspecified atom stereocenters. The van der Waals surface area contributed by atoms with Gasteiger partial charge in [0.25, 0.3) is 5.91 Å². The summed E-state index contributed by atoms with van der Waals surface area (Å²) in [5.74, 6) is 0.00607. The van der Waals surface area contributed by atoms with E-state index in [1.165, 1.54) is 6.07 Å². The highest BCUT2D eigenvalue weighted by molar-refractivity contribution is 6.04. The smallest absolute Gasteiger partial charge is 0.255 e. The number of anilines is 1. The van der Waals surface area contributed by atoms with Gasteiger partial charge in [-0.15, -0.1) is 0 Å². The average Bonchev–Trinajstić information content (AvgIpc) is 3.25. The number of aromatic hydroxyl groups is 1. The number of nitrogens with zero attached hydrogens (tertiary/aromatic N) is 2. The van der Waals surface area contributed by atoms with E-state index < -0.39 is 0 Å². The molecule has 6 heteroatoms. The zero-order chi connectivity index (χ0) is 21.2. The van der Waals surface area contributed by atoms with Gasteiger partial charge in [0.1, 0.15) is 11.3 Å². The largest absolute Gasteiger partial charge is 0.507 e. The maximum Gasteiger partial charge on any atom is 0.255 e. The molecule has 3 aromatic carbocycles. The quantitative estimate of drug-likeness (QED) is 0.383. The molecule has 2 heterocycles. The third-order valence-corrected chi connectivity index (χ3v) is 4.93. The fourth-order valence-electron chi connectivity index (χ4n) is 3.33. The highest BCUT2D eigenvalue weighted by Crippen LogP contribution is 2.33. The number of pyridine rings is 1. The Morgan fingerprint density at radius 3 is 2.45 bits per heavy atom. The molecular formula is C25H17N3O3. The standard InChI is InChI=1S/C25H17N3O3/c29-22-11-10-19(14-20(22)25-28-21-15-26-13-12-23(21)31-25)27-24(30)18-8-6-17(7-9-18)16-4-2-1-3-5-16/h1-15,29H,(H,27,30). The van der Waals surface area contributed by atoms with Crippen molar-refractivity contribution >= 4 is 22.7 Å². The number of hydrogen-bond acceptors (Lipinski definition) is 5. The highest BCUT2D eigenvalue weighted by Gasteiger charge is 2.14. The molecule has 6 nitrogen and oxygen atoms in total. The number of carbonyl (C=O) groups excluding carboxylic acids is 1. The van der Waals surface area contributed by atoms with Gasteiger partial charge < -0.3 is 14.8 Å². The Morgan fingerprint density at radius 2 is 1.68 bits per heavy atom. The van der Waals surface area contributed by atoms with Crippen molar-refractivity contribution in [1.82, 2.24) is 9.97 Å². The first-order valence-electron chi connectivity index (χ1n) is 9.68. The van der Waals surface area contributed by atoms with Gasteiger partial charge in [-0.25, -0.2) is 4.98 Å². The number of oxazole rings is 1. The molecule has 5 rings (SSSR count). The van der Waals surface area contributed by atoms with Crippen LogP contribution in [0.5, 0.6) is 5.75 Å². The molecule has 0 aliphatic heterocycles. The lowest BCUT2D eigenvalue weighted by Gasteiger charge is -2.08. The number of phenols is 1. The SMILES string of the molecule is O=C(Nc1ccc(O)c(-c2nc3cnccc3o2)c1)c1ccc(-c2ccccc2)cc1. The molecule has 0 aliphatic carbocycles. The Bertz CT molecular complexity index is 1340. The number of amides is 1. The van der Waals surface area contributed by atoms with E-state index >= 15 is 0 Å². The van der Waals surface area contributed by atoms with Crippen LogP contribution in [0.3, 0.4) is 0 Å². The molecule has 0 aliphatic rings. The molecule has 0 bridgehead atoms. The topological polar surface area (TPSA) is 88.2 Å². The summed E-state index contributed by atoms with van der Waals surface area (Å²) < 4.78 is 5.71. The second kappa shape index (κ2) is 7.76. The Labute approximate surface area is 177 Å². The lowest BCUT2D eigenvalue weighted by atomic mass is 10.0. The monoisotopic (exact) mass is 407 g/mol. The van der Waals surface area contributed by atoms with Gasteiger partial charge >= 0.3 is 0 Å². The van der Waals surface area contributed by atoms with E-state index in [-0.39, 0.29) is 17.5 Å². The highest BCUT2D eigenvalue weighted by atomic mass is 16.3. The predicted molar refractivity (Wildman–Crippen MR) is 119 cm³/mol. The first kappa shape index (κ1) is 18.6. The number of hydrogen-bond donors (Lipinski definition) is 2. The van der Waals surface area contributed by atoms with Crippen molar-refractivity contribution in [2.75, 3.05) is 5.32 Å². The molecular weight excluding hydrogens is 390 g/mol. The Hall–Kier alpha value is -4.45. The molecule has 0 radical (unpaired) electrons. The van der Waals surface area contributed by atoms with Crippen molar-refractivity contribution in [3.05, 3.63) is 96.8 Å². The van der Waals surface area contributed by atoms with Crippen LogP contribution in [0.4, 0.5) is 5.69 Å². The first-order chi connectivity index (χ1) is 15.2. The average molecular weight is 407 g/mol. The normalized spacial score (nSPS) is 10.8. The number of aromatic nitrogens is 2. The number of benzene rings is 3. The van der Waals surface area contributed by atoms with Crippen molar-refractivity contribution in [3.63, 3.8) is 0 Å². The van der Waals surface area contributed by atoms with Crippen molar-refractivity contribution in [2.45, 2.75) is 0 Å². The van der Waals surface area contributed by atoms with Crippen LogP contribution >= 0.6 is 0 Å². The van der Waals surface area contributed by atoms with E-state index in [1.807, 2.05) is 42.5 Å². The van der Waals surface area contributed by atoms with E-state index in [9.17, 15) is 9.90 Å². The molecule has 2 N–H and O–H groups in total. The summed E-state index contributed by atoms with van der Waals surface area (Å²) in [5, 5.41) is 13.1. The lowest BCUT2D eigenvalue weighted by molar-refractivity contribution is 0.102. The van der Waals surface area contributed by atoms with Gasteiger partial charge in [-0.1, -0.05) is 42.5 Å². The minimum atomic E-state index is -0.252. The van der Waals surface area contributed by atoms with Crippen LogP contribution in [0.2, 0.25) is 0 Å². The van der Waals surface area contributed by atoms with Crippen LogP contribution < -0.4 is 5.32 Å². The summed E-state index contributed by atoms with van der Waals surface area (Å²) in [6.45, 7) is 0. The van der Waals surface area contributed by atoms with Gasteiger partial charge in [0.15, 0.2) is 5.58 Å². The fraction of sp³-hybridized carbons (Fsp3) is 0. The van der Waals surface area contributed by atoms with Gasteiger partial charge in [0.05, 0.1) is 11.8 Å². The van der Waals surface area contributed by atoms with E-state index in [4.69, 9.17) is 4.42 Å². The minimum Gasteiger partial charge on any atom is -0.507 e. The summed E-state index contributed by atoms with van der Waals surface area (Å²) in [6.07, 6.45) is 3.20. The molecule has 5 aromatic rings. The predicted octanol–water partition coefficient (Wildman–Crippen LogP) is 5.51. The second-order valence-electron chi connectivity index (χ2n) is 6.99. The minimum absolute atomic E-state index is 0.00438. The fourth-order valence-corrected chi connectivity index (χ4v) is 3.33. The number of fused-ring (bicyclic) bond motifs is 1. The van der Waals surface area contributed by atoms with Gasteiger partial charge in [-0.05, 0) is 41.5 Å². The van der Waals surface area contributed by atoms with Crippen molar-refractivity contribution in [1.29, 1.82) is 0 Å². The molecule has 0 saturated heterocycles. The summed E-state index contributed by atoms with van der Waals surface area (Å²) in [6, 6.07) is 23.8. The third-order valence-electron chi connectivity index (χ3n) is 4.93. The van der Waals surface area contributed by atoms with Crippen LogP contribution in [0, 0.1) is 0 Å². The van der Waals surface area contributed by atoms with Gasteiger partial charge in [-0.2, -0.15) is 0 Å². The Balaban J connectivity index is 1.38. The van der Waals surface area contributed by atoms with Gasteiger partial charge in [-0.3, -0.25) is 9.78 Å². The molecule has 150 valence electrons. The summed E-state index contributed by atoms with van der Waals surface area (Å²) in [4.78, 5) is 21.1. The zero-order valence-electron chi connectivity index (χ0n) is 16.3. The molecule has 31 heavy (non-hydrogen) atoms. The summed E-state index contributed by atoms with van der Waals surface area (Å²) in [5.41, 5.74) is 4.71. The number of carbonyl (C=O) groups is 1. The maximum atomic E-state index is 12.7. The third kappa shape index (κ3) is 3.74. The van der Waals surface area contributed by atoms with Crippen LogP contribution in [0.25, 0.3) is 33.7 Å². The molecule has 1 amide bonds. The van der Waals surface area contributed by atoms with Crippen molar-refractivity contribution in [3.8, 4) is 28.3 Å². The van der Waals surface area contributed by atoms with E-state index in [0.717, 1.165) is 11.1 Å². The number of phenolic OH excluding ortho intramolecular Hbond substituents is 1. The number of rotatable bonds is 4. The van der Waals surface area contributed by atoms with Crippen LogP contribution in [-0.2, 0) is 0 Å². The van der Waals surface area contributed by atoms with E-state index in [2.05, 4.69) is 15.3 Å². The molecule has 0 fully saturated rings. The lowest BCUT2D eigenvalue weighted by Crippen LogP contribution is -2.11. The van der Waals surface area contributed by atoms with Crippen molar-refractivity contribution < 1.29 is 14.3 Å². The zero-order valence-corrected chi connectivity index (χ0v) is 16.3. The molecule has 0 atom stereocenters. The molecule has 0 spiro atoms. The Morgan fingerprint density at radius 1 is 0.903 bits per heavy atom. The summed E-state index contributed by atoms with van der Waals surface area (Å²) in [7, 11) is 0. The molecule has 0 saturated carbocycles. The van der Waals surface area contributed by atoms with Crippen molar-refractivity contribution in [2.24, 2.45) is 0 Å².